The Morgan fingerprint density at radius 1 is 1.47 bits per heavy atom. The van der Waals surface area contributed by atoms with Crippen molar-refractivity contribution >= 4 is 37.5 Å². The van der Waals surface area contributed by atoms with Crippen LogP contribution in [0.25, 0.3) is 0 Å². The number of hydrogen-bond donors (Lipinski definition) is 1. The van der Waals surface area contributed by atoms with E-state index in [9.17, 15) is 8.42 Å². The highest BCUT2D eigenvalue weighted by atomic mass is 79.9. The number of nitrogens with zero attached hydrogens (tertiary/aromatic N) is 2. The minimum Gasteiger partial charge on any atom is -0.361 e. The molecule has 1 N–H and O–H groups in total. The van der Waals surface area contributed by atoms with Gasteiger partial charge in [0.1, 0.15) is 0 Å². The zero-order valence-corrected chi connectivity index (χ0v) is 11.1. The van der Waals surface area contributed by atoms with Crippen LogP contribution in [0.1, 0.15) is 0 Å². The van der Waals surface area contributed by atoms with Gasteiger partial charge in [-0.1, -0.05) is 0 Å². The summed E-state index contributed by atoms with van der Waals surface area (Å²) >= 11 is 3.24. The quantitative estimate of drug-likeness (QED) is 0.912. The average molecular weight is 294 g/mol. The number of nitrogens with one attached hydrogen (secondary N) is 1. The zero-order valence-electron chi connectivity index (χ0n) is 8.65. The van der Waals surface area contributed by atoms with E-state index in [-0.39, 0.29) is 0 Å². The predicted molar refractivity (Wildman–Crippen MR) is 64.7 cm³/mol. The molecule has 1 rings (SSSR count). The molecule has 0 aliphatic rings. The summed E-state index contributed by atoms with van der Waals surface area (Å²) in [5.74, 6) is 0.573. The number of sulfonamides is 1. The number of halogens is 1. The maximum atomic E-state index is 11.1. The van der Waals surface area contributed by atoms with Gasteiger partial charge in [0.05, 0.1) is 11.9 Å². The van der Waals surface area contributed by atoms with E-state index in [1.54, 1.807) is 31.3 Å². The largest absolute Gasteiger partial charge is 0.361 e. The lowest BCUT2D eigenvalue weighted by Gasteiger charge is -2.16. The van der Waals surface area contributed by atoms with Gasteiger partial charge in [-0.05, 0) is 22.0 Å². The molecule has 7 heteroatoms. The van der Waals surface area contributed by atoms with E-state index in [0.717, 1.165) is 10.7 Å². The van der Waals surface area contributed by atoms with Gasteiger partial charge in [0.25, 0.3) is 0 Å². The second kappa shape index (κ2) is 4.36. The van der Waals surface area contributed by atoms with Gasteiger partial charge in [-0.25, -0.2) is 13.4 Å². The van der Waals surface area contributed by atoms with Crippen LogP contribution in [0.2, 0.25) is 0 Å². The lowest BCUT2D eigenvalue weighted by molar-refractivity contribution is 0.607. The molecule has 0 saturated heterocycles. The highest BCUT2D eigenvalue weighted by Gasteiger charge is 2.10. The maximum Gasteiger partial charge on any atom is 0.229 e. The van der Waals surface area contributed by atoms with Crippen molar-refractivity contribution in [1.82, 2.24) is 4.98 Å². The summed E-state index contributed by atoms with van der Waals surface area (Å²) in [4.78, 5) is 5.85. The molecule has 0 aromatic carbocycles. The summed E-state index contributed by atoms with van der Waals surface area (Å²) in [6.07, 6.45) is 2.72. The Balaban J connectivity index is 3.19. The van der Waals surface area contributed by atoms with Crippen molar-refractivity contribution in [3.8, 4) is 0 Å². The maximum absolute atomic E-state index is 11.1. The van der Waals surface area contributed by atoms with Gasteiger partial charge in [-0.15, -0.1) is 0 Å². The zero-order chi connectivity index (χ0) is 11.6. The van der Waals surface area contributed by atoms with Gasteiger partial charge in [-0.2, -0.15) is 0 Å². The molecule has 15 heavy (non-hydrogen) atoms. The van der Waals surface area contributed by atoms with Crippen LogP contribution in [0.4, 0.5) is 11.5 Å². The Morgan fingerprint density at radius 3 is 2.53 bits per heavy atom. The fourth-order valence-electron chi connectivity index (χ4n) is 1.06. The molecule has 0 bridgehead atoms. The van der Waals surface area contributed by atoms with Crippen molar-refractivity contribution in [2.75, 3.05) is 30.0 Å². The molecular weight excluding hydrogens is 282 g/mol. The van der Waals surface area contributed by atoms with Crippen molar-refractivity contribution in [1.29, 1.82) is 0 Å². The van der Waals surface area contributed by atoms with Gasteiger partial charge >= 0.3 is 0 Å². The molecule has 0 radical (unpaired) electrons. The molecule has 1 heterocycles. The Morgan fingerprint density at radius 2 is 2.07 bits per heavy atom. The highest BCUT2D eigenvalue weighted by Crippen LogP contribution is 2.25. The molecule has 0 aliphatic heterocycles. The number of pyridine rings is 1. The third-order valence-corrected chi connectivity index (χ3v) is 2.58. The predicted octanol–water partition coefficient (Wildman–Crippen LogP) is 1.28. The van der Waals surface area contributed by atoms with E-state index >= 15 is 0 Å². The third-order valence-electron chi connectivity index (χ3n) is 1.55. The summed E-state index contributed by atoms with van der Waals surface area (Å²) in [5.41, 5.74) is 0.455. The fraction of sp³-hybridized carbons (Fsp3) is 0.375. The van der Waals surface area contributed by atoms with Crippen molar-refractivity contribution < 1.29 is 8.42 Å². The van der Waals surface area contributed by atoms with Crippen LogP contribution in [0, 0.1) is 0 Å². The Hall–Kier alpha value is -0.820. The second-order valence-electron chi connectivity index (χ2n) is 3.29. The van der Waals surface area contributed by atoms with Crippen LogP contribution < -0.4 is 9.62 Å². The first kappa shape index (κ1) is 12.3. The van der Waals surface area contributed by atoms with E-state index in [2.05, 4.69) is 25.6 Å². The molecule has 0 atom stereocenters. The Bertz CT molecular complexity index is 459. The minimum atomic E-state index is -3.29. The highest BCUT2D eigenvalue weighted by molar-refractivity contribution is 9.10. The third kappa shape index (κ3) is 3.67. The molecule has 84 valence electrons. The number of aromatic nitrogens is 1. The molecular formula is C8H12BrN3O2S. The fourth-order valence-corrected chi connectivity index (χ4v) is 1.94. The van der Waals surface area contributed by atoms with Gasteiger partial charge in [0, 0.05) is 24.8 Å². The molecule has 5 nitrogen and oxygen atoms in total. The molecule has 0 amide bonds. The number of hydrogen-bond acceptors (Lipinski definition) is 4. The summed E-state index contributed by atoms with van der Waals surface area (Å²) in [7, 11) is 0.303. The van der Waals surface area contributed by atoms with E-state index in [0.29, 0.717) is 11.5 Å². The summed E-state index contributed by atoms with van der Waals surface area (Å²) in [6.45, 7) is 0. The van der Waals surface area contributed by atoms with Crippen molar-refractivity contribution in [2.45, 2.75) is 0 Å². The minimum absolute atomic E-state index is 0.455. The van der Waals surface area contributed by atoms with Gasteiger partial charge < -0.3 is 4.90 Å². The molecule has 1 aromatic heterocycles. The average Bonchev–Trinajstić information content (AvgIpc) is 1.99. The molecule has 0 aliphatic carbocycles. The van der Waals surface area contributed by atoms with Crippen molar-refractivity contribution in [3.05, 3.63) is 16.7 Å². The second-order valence-corrected chi connectivity index (χ2v) is 5.96. The first-order valence-electron chi connectivity index (χ1n) is 4.10. The first-order chi connectivity index (χ1) is 6.79. The van der Waals surface area contributed by atoms with E-state index in [1.165, 1.54) is 0 Å². The standard InChI is InChI=1S/C8H12BrN3O2S/c1-12(2)8-7(11-15(3,13)14)4-6(9)5-10-8/h4-5,11H,1-3H3. The Labute approximate surface area is 97.7 Å². The summed E-state index contributed by atoms with van der Waals surface area (Å²) < 4.78 is 25.4. The smallest absolute Gasteiger partial charge is 0.229 e. The van der Waals surface area contributed by atoms with Gasteiger partial charge in [0.15, 0.2) is 5.82 Å². The van der Waals surface area contributed by atoms with Gasteiger partial charge in [-0.3, -0.25) is 4.72 Å². The van der Waals surface area contributed by atoms with E-state index in [1.807, 2.05) is 0 Å². The van der Waals surface area contributed by atoms with Crippen LogP contribution in [0.5, 0.6) is 0 Å². The Kier molecular flexibility index (Phi) is 3.56. The van der Waals surface area contributed by atoms with E-state index in [4.69, 9.17) is 0 Å². The number of rotatable bonds is 3. The SMILES string of the molecule is CN(C)c1ncc(Br)cc1NS(C)(=O)=O. The molecule has 0 saturated carbocycles. The molecule has 1 aromatic rings. The van der Waals surface area contributed by atoms with Gasteiger partial charge in [0.2, 0.25) is 10.0 Å². The topological polar surface area (TPSA) is 62.3 Å². The molecule has 0 fully saturated rings. The normalized spacial score (nSPS) is 11.2. The van der Waals surface area contributed by atoms with Crippen LogP contribution in [0.3, 0.4) is 0 Å². The van der Waals surface area contributed by atoms with Crippen molar-refractivity contribution in [3.63, 3.8) is 0 Å². The van der Waals surface area contributed by atoms with Crippen LogP contribution in [-0.2, 0) is 10.0 Å². The van der Waals surface area contributed by atoms with Crippen molar-refractivity contribution in [2.24, 2.45) is 0 Å². The molecule has 0 spiro atoms. The summed E-state index contributed by atoms with van der Waals surface area (Å²) in [6, 6.07) is 1.67. The monoisotopic (exact) mass is 293 g/mol. The van der Waals surface area contributed by atoms with Crippen LogP contribution in [-0.4, -0.2) is 33.8 Å². The summed E-state index contributed by atoms with van der Waals surface area (Å²) in [5, 5.41) is 0. The van der Waals surface area contributed by atoms with Crippen LogP contribution >= 0.6 is 15.9 Å². The first-order valence-corrected chi connectivity index (χ1v) is 6.78. The van der Waals surface area contributed by atoms with Crippen LogP contribution in [0.15, 0.2) is 16.7 Å². The number of anilines is 2. The molecule has 0 unspecified atom stereocenters. The lowest BCUT2D eigenvalue weighted by Crippen LogP contribution is -2.17. The lowest BCUT2D eigenvalue weighted by atomic mass is 10.4. The van der Waals surface area contributed by atoms with E-state index < -0.39 is 10.0 Å².